The summed E-state index contributed by atoms with van der Waals surface area (Å²) in [6.07, 6.45) is -2.79. The van der Waals surface area contributed by atoms with Crippen LogP contribution in [0.1, 0.15) is 55.2 Å². The molecule has 1 aromatic carbocycles. The maximum Gasteiger partial charge on any atom is 0.417 e. The second kappa shape index (κ2) is 8.23. The Balaban J connectivity index is 2.09. The van der Waals surface area contributed by atoms with Crippen LogP contribution in [0.5, 0.6) is 0 Å². The summed E-state index contributed by atoms with van der Waals surface area (Å²) in [7, 11) is 1.87. The Kier molecular flexibility index (Phi) is 6.20. The van der Waals surface area contributed by atoms with Gasteiger partial charge in [-0.2, -0.15) is 18.2 Å². The Hall–Kier alpha value is -2.06. The number of alkyl halides is 3. The number of amides is 1. The summed E-state index contributed by atoms with van der Waals surface area (Å²) in [5.74, 6) is -0.821. The molecule has 2 heterocycles. The lowest BCUT2D eigenvalue weighted by atomic mass is 9.92. The van der Waals surface area contributed by atoms with Crippen molar-refractivity contribution in [1.29, 1.82) is 0 Å². The number of halogens is 4. The van der Waals surface area contributed by atoms with E-state index in [4.69, 9.17) is 16.3 Å². The van der Waals surface area contributed by atoms with Crippen molar-refractivity contribution < 1.29 is 22.7 Å². The quantitative estimate of drug-likeness (QED) is 0.689. The van der Waals surface area contributed by atoms with Crippen LogP contribution in [0, 0.1) is 0 Å². The molecule has 3 rings (SSSR count). The van der Waals surface area contributed by atoms with Crippen molar-refractivity contribution in [2.75, 3.05) is 6.61 Å². The molecule has 1 atom stereocenters. The summed E-state index contributed by atoms with van der Waals surface area (Å²) in [5.41, 5.74) is -0.270. The second-order valence-electron chi connectivity index (χ2n) is 8.46. The number of benzene rings is 1. The highest BCUT2D eigenvalue weighted by Gasteiger charge is 2.34. The molecule has 5 nitrogen and oxygen atoms in total. The summed E-state index contributed by atoms with van der Waals surface area (Å²) >= 11 is 5.91. The minimum Gasteiger partial charge on any atom is -0.376 e. The summed E-state index contributed by atoms with van der Waals surface area (Å²) in [4.78, 5) is 16.9. The van der Waals surface area contributed by atoms with Gasteiger partial charge in [0.1, 0.15) is 0 Å². The molecular weight excluding hydrogens is 419 g/mol. The molecule has 0 N–H and O–H groups in total. The molecule has 9 heteroatoms. The summed E-state index contributed by atoms with van der Waals surface area (Å²) in [5, 5.41) is -0.642. The Morgan fingerprint density at radius 2 is 2.00 bits per heavy atom. The number of hydrogen-bond acceptors (Lipinski definition) is 2. The monoisotopic (exact) mass is 443 g/mol. The minimum absolute atomic E-state index is 0.00221. The second-order valence-corrected chi connectivity index (χ2v) is 8.84. The van der Waals surface area contributed by atoms with E-state index >= 15 is 0 Å². The SMILES string of the molecule is Cn1c(C(C)(C)C)cc(=NC(=O)c2cccc(C(F)(F)F)c2Cl)n1C[C@H]1CCCO1. The highest BCUT2D eigenvalue weighted by atomic mass is 35.5. The molecule has 1 aliphatic rings. The fraction of sp³-hybridized carbons (Fsp3) is 0.524. The molecule has 1 amide bonds. The van der Waals surface area contributed by atoms with Gasteiger partial charge in [-0.05, 0) is 25.0 Å². The van der Waals surface area contributed by atoms with Gasteiger partial charge in [-0.1, -0.05) is 38.4 Å². The van der Waals surface area contributed by atoms with Gasteiger partial charge in [0, 0.05) is 30.8 Å². The summed E-state index contributed by atoms with van der Waals surface area (Å²) in [6, 6.07) is 5.04. The van der Waals surface area contributed by atoms with E-state index < -0.39 is 22.7 Å². The van der Waals surface area contributed by atoms with Crippen LogP contribution in [0.25, 0.3) is 0 Å². The first-order valence-electron chi connectivity index (χ1n) is 9.73. The van der Waals surface area contributed by atoms with Crippen LogP contribution in [0.2, 0.25) is 5.02 Å². The van der Waals surface area contributed by atoms with Crippen LogP contribution in [0.15, 0.2) is 29.3 Å². The number of carbonyl (C=O) groups is 1. The van der Waals surface area contributed by atoms with E-state index in [0.29, 0.717) is 18.6 Å². The van der Waals surface area contributed by atoms with Crippen molar-refractivity contribution in [1.82, 2.24) is 9.36 Å². The van der Waals surface area contributed by atoms with Gasteiger partial charge in [0.05, 0.1) is 28.8 Å². The average molecular weight is 444 g/mol. The molecule has 0 spiro atoms. The molecule has 1 fully saturated rings. The van der Waals surface area contributed by atoms with Crippen molar-refractivity contribution in [3.05, 3.63) is 51.6 Å². The van der Waals surface area contributed by atoms with Crippen molar-refractivity contribution >= 4 is 17.5 Å². The molecule has 0 saturated carbocycles. The van der Waals surface area contributed by atoms with E-state index in [1.807, 2.05) is 37.2 Å². The molecule has 0 aliphatic carbocycles. The molecule has 2 aromatic rings. The molecule has 0 radical (unpaired) electrons. The number of aromatic nitrogens is 2. The lowest BCUT2D eigenvalue weighted by Crippen LogP contribution is -2.30. The number of hydrogen-bond donors (Lipinski definition) is 0. The molecule has 164 valence electrons. The lowest BCUT2D eigenvalue weighted by Gasteiger charge is -2.21. The van der Waals surface area contributed by atoms with Crippen LogP contribution in [0.3, 0.4) is 0 Å². The largest absolute Gasteiger partial charge is 0.417 e. The Morgan fingerprint density at radius 3 is 2.57 bits per heavy atom. The molecule has 0 bridgehead atoms. The lowest BCUT2D eigenvalue weighted by molar-refractivity contribution is -0.137. The number of rotatable bonds is 3. The maximum atomic E-state index is 13.2. The van der Waals surface area contributed by atoms with Gasteiger partial charge in [-0.15, -0.1) is 0 Å². The van der Waals surface area contributed by atoms with Crippen LogP contribution in [-0.4, -0.2) is 28.0 Å². The number of ether oxygens (including phenoxy) is 1. The van der Waals surface area contributed by atoms with Gasteiger partial charge in [-0.3, -0.25) is 14.2 Å². The van der Waals surface area contributed by atoms with Crippen molar-refractivity contribution in [3.8, 4) is 0 Å². The maximum absolute atomic E-state index is 13.2. The number of carbonyl (C=O) groups excluding carboxylic acids is 1. The zero-order valence-corrected chi connectivity index (χ0v) is 18.1. The van der Waals surface area contributed by atoms with Gasteiger partial charge in [0.25, 0.3) is 5.91 Å². The van der Waals surface area contributed by atoms with Gasteiger partial charge < -0.3 is 4.74 Å². The van der Waals surface area contributed by atoms with E-state index in [-0.39, 0.29) is 17.1 Å². The first-order valence-corrected chi connectivity index (χ1v) is 10.1. The fourth-order valence-electron chi connectivity index (χ4n) is 3.64. The zero-order valence-electron chi connectivity index (χ0n) is 17.4. The van der Waals surface area contributed by atoms with E-state index in [2.05, 4.69) is 4.99 Å². The molecule has 1 aliphatic heterocycles. The summed E-state index contributed by atoms with van der Waals surface area (Å²) < 4.78 is 48.9. The third kappa shape index (κ3) is 4.64. The molecule has 1 aromatic heterocycles. The Bertz CT molecular complexity index is 1010. The van der Waals surface area contributed by atoms with Gasteiger partial charge in [0.2, 0.25) is 0 Å². The molecule has 0 unspecified atom stereocenters. The topological polar surface area (TPSA) is 48.5 Å². The third-order valence-electron chi connectivity index (χ3n) is 5.16. The van der Waals surface area contributed by atoms with Gasteiger partial charge >= 0.3 is 6.18 Å². The third-order valence-corrected chi connectivity index (χ3v) is 5.57. The van der Waals surface area contributed by atoms with Crippen LogP contribution in [-0.2, 0) is 29.9 Å². The molecule has 30 heavy (non-hydrogen) atoms. The van der Waals surface area contributed by atoms with Crippen LogP contribution in [0.4, 0.5) is 13.2 Å². The predicted octanol–water partition coefficient (Wildman–Crippen LogP) is 4.72. The highest BCUT2D eigenvalue weighted by molar-refractivity contribution is 6.34. The fourth-order valence-corrected chi connectivity index (χ4v) is 3.96. The van der Waals surface area contributed by atoms with Crippen molar-refractivity contribution in [2.24, 2.45) is 12.0 Å². The average Bonchev–Trinajstić information content (AvgIpc) is 3.24. The highest BCUT2D eigenvalue weighted by Crippen LogP contribution is 2.36. The van der Waals surface area contributed by atoms with E-state index in [9.17, 15) is 18.0 Å². The standard InChI is InChI=1S/C21H25ClF3N3O2/c1-20(2,3)16-11-17(28(27(16)4)12-13-7-6-10-30-13)26-19(29)14-8-5-9-15(18(14)22)21(23,24)25/h5,8-9,11,13H,6-7,10,12H2,1-4H3/t13-/m1/s1. The van der Waals surface area contributed by atoms with Crippen molar-refractivity contribution in [2.45, 2.75) is 57.9 Å². The molecule has 1 saturated heterocycles. The van der Waals surface area contributed by atoms with E-state index in [0.717, 1.165) is 30.7 Å². The first kappa shape index (κ1) is 22.6. The van der Waals surface area contributed by atoms with Crippen molar-refractivity contribution in [3.63, 3.8) is 0 Å². The van der Waals surface area contributed by atoms with Crippen LogP contribution >= 0.6 is 11.6 Å². The molecular formula is C21H25ClF3N3O2. The smallest absolute Gasteiger partial charge is 0.376 e. The Labute approximate surface area is 178 Å². The first-order chi connectivity index (χ1) is 13.9. The zero-order chi connectivity index (χ0) is 22.3. The summed E-state index contributed by atoms with van der Waals surface area (Å²) in [6.45, 7) is 7.29. The normalized spacial score (nSPS) is 18.3. The van der Waals surface area contributed by atoms with Crippen LogP contribution < -0.4 is 5.49 Å². The van der Waals surface area contributed by atoms with E-state index in [1.165, 1.54) is 6.07 Å². The van der Waals surface area contributed by atoms with E-state index in [1.54, 1.807) is 6.07 Å². The minimum atomic E-state index is -4.65. The van der Waals surface area contributed by atoms with Gasteiger partial charge in [0.15, 0.2) is 5.49 Å². The Morgan fingerprint density at radius 1 is 1.30 bits per heavy atom. The van der Waals surface area contributed by atoms with Gasteiger partial charge in [-0.25, -0.2) is 0 Å². The number of nitrogens with zero attached hydrogens (tertiary/aromatic N) is 3. The predicted molar refractivity (Wildman–Crippen MR) is 107 cm³/mol.